The Kier molecular flexibility index (Phi) is 5.11. The lowest BCUT2D eigenvalue weighted by Gasteiger charge is -2.21. The van der Waals surface area contributed by atoms with Crippen LogP contribution in [0.15, 0.2) is 30.9 Å². The van der Waals surface area contributed by atoms with Crippen molar-refractivity contribution in [2.75, 3.05) is 30.9 Å². The quantitative estimate of drug-likeness (QED) is 0.682. The maximum absolute atomic E-state index is 12.5. The molecule has 0 saturated heterocycles. The second-order valence-corrected chi connectivity index (χ2v) is 7.07. The average Bonchev–Trinajstić information content (AvgIpc) is 3.36. The molecule has 1 aliphatic rings. The van der Waals surface area contributed by atoms with Crippen LogP contribution in [0, 0.1) is 0 Å². The molecule has 9 heteroatoms. The number of nitrogens with zero attached hydrogens (tertiary/aromatic N) is 6. The molecule has 0 fully saturated rings. The van der Waals surface area contributed by atoms with Gasteiger partial charge < -0.3 is 19.5 Å². The summed E-state index contributed by atoms with van der Waals surface area (Å²) in [5.74, 6) is 1.73. The number of nitrogens with one attached hydrogen (secondary N) is 1. The summed E-state index contributed by atoms with van der Waals surface area (Å²) in [5, 5.41) is 2.85. The van der Waals surface area contributed by atoms with E-state index in [-0.39, 0.29) is 12.5 Å². The zero-order valence-corrected chi connectivity index (χ0v) is 16.7. The van der Waals surface area contributed by atoms with E-state index in [4.69, 9.17) is 14.7 Å². The summed E-state index contributed by atoms with van der Waals surface area (Å²) in [6.45, 7) is 0.164. The number of ether oxygens (including phenoxy) is 1. The molecule has 0 saturated carbocycles. The largest absolute Gasteiger partial charge is 0.481 e. The molecular weight excluding hydrogens is 370 g/mol. The minimum atomic E-state index is -0.149. The van der Waals surface area contributed by atoms with Crippen LogP contribution in [0.5, 0.6) is 5.88 Å². The number of likely N-dealkylation sites (N-methyl/N-ethyl adjacent to an activating group) is 1. The van der Waals surface area contributed by atoms with Gasteiger partial charge >= 0.3 is 0 Å². The average molecular weight is 393 g/mol. The highest BCUT2D eigenvalue weighted by Crippen LogP contribution is 2.30. The zero-order chi connectivity index (χ0) is 20.4. The van der Waals surface area contributed by atoms with Crippen LogP contribution >= 0.6 is 0 Å². The molecule has 0 aliphatic heterocycles. The second-order valence-electron chi connectivity index (χ2n) is 7.07. The van der Waals surface area contributed by atoms with Crippen LogP contribution < -0.4 is 15.0 Å². The predicted octanol–water partition coefficient (Wildman–Crippen LogP) is 1.84. The number of carbonyl (C=O) groups excluding carboxylic acids is 1. The van der Waals surface area contributed by atoms with Gasteiger partial charge in [0, 0.05) is 37.6 Å². The molecule has 0 unspecified atom stereocenters. The summed E-state index contributed by atoms with van der Waals surface area (Å²) in [6, 6.07) is 3.46. The Balaban J connectivity index is 1.53. The molecule has 0 aromatic carbocycles. The minimum Gasteiger partial charge on any atom is -0.481 e. The standard InChI is InChI=1S/C20H23N7O2/c1-26-10-16(22-12-26)19-24-15-6-4-5-14(15)20(25-19)27(2)11-17(28)23-13-7-8-18(29-3)21-9-13/h7-10,12H,4-6,11H2,1-3H3,(H,23,28). The fourth-order valence-electron chi connectivity index (χ4n) is 3.44. The van der Waals surface area contributed by atoms with Gasteiger partial charge in [0.15, 0.2) is 5.82 Å². The Morgan fingerprint density at radius 2 is 2.14 bits per heavy atom. The first-order valence-electron chi connectivity index (χ1n) is 9.42. The van der Waals surface area contributed by atoms with Crippen molar-refractivity contribution >= 4 is 17.4 Å². The van der Waals surface area contributed by atoms with Crippen LogP contribution in [0.4, 0.5) is 11.5 Å². The molecule has 3 aromatic rings. The number of aromatic nitrogens is 5. The summed E-state index contributed by atoms with van der Waals surface area (Å²) >= 11 is 0. The Morgan fingerprint density at radius 1 is 1.28 bits per heavy atom. The van der Waals surface area contributed by atoms with Crippen molar-refractivity contribution in [2.45, 2.75) is 19.3 Å². The van der Waals surface area contributed by atoms with E-state index >= 15 is 0 Å². The van der Waals surface area contributed by atoms with Gasteiger partial charge in [0.2, 0.25) is 11.8 Å². The summed E-state index contributed by atoms with van der Waals surface area (Å²) in [6.07, 6.45) is 8.07. The van der Waals surface area contributed by atoms with Crippen molar-refractivity contribution in [2.24, 2.45) is 7.05 Å². The Labute approximate surface area is 168 Å². The van der Waals surface area contributed by atoms with E-state index in [1.54, 1.807) is 31.8 Å². The van der Waals surface area contributed by atoms with Gasteiger partial charge in [-0.05, 0) is 25.3 Å². The van der Waals surface area contributed by atoms with E-state index in [0.717, 1.165) is 42.0 Å². The number of amides is 1. The molecule has 0 radical (unpaired) electrons. The Bertz CT molecular complexity index is 1030. The van der Waals surface area contributed by atoms with E-state index in [9.17, 15) is 4.79 Å². The predicted molar refractivity (Wildman–Crippen MR) is 109 cm³/mol. The van der Waals surface area contributed by atoms with Gasteiger partial charge in [0.05, 0.1) is 31.9 Å². The molecule has 150 valence electrons. The number of pyridine rings is 1. The first-order valence-corrected chi connectivity index (χ1v) is 9.42. The second kappa shape index (κ2) is 7.86. The number of aryl methyl sites for hydroxylation is 2. The molecular formula is C20H23N7O2. The summed E-state index contributed by atoms with van der Waals surface area (Å²) in [4.78, 5) is 32.3. The van der Waals surface area contributed by atoms with Gasteiger partial charge in [-0.3, -0.25) is 4.79 Å². The van der Waals surface area contributed by atoms with Crippen molar-refractivity contribution < 1.29 is 9.53 Å². The third kappa shape index (κ3) is 4.03. The van der Waals surface area contributed by atoms with Crippen LogP contribution in [0.3, 0.4) is 0 Å². The molecule has 9 nitrogen and oxygen atoms in total. The number of hydrogen-bond acceptors (Lipinski definition) is 7. The van der Waals surface area contributed by atoms with Crippen LogP contribution in [-0.2, 0) is 24.7 Å². The molecule has 3 aromatic heterocycles. The van der Waals surface area contributed by atoms with Crippen molar-refractivity contribution in [3.05, 3.63) is 42.1 Å². The number of anilines is 2. The van der Waals surface area contributed by atoms with E-state index in [1.807, 2.05) is 29.8 Å². The summed E-state index contributed by atoms with van der Waals surface area (Å²) < 4.78 is 6.90. The Hall–Kier alpha value is -3.49. The maximum atomic E-state index is 12.5. The van der Waals surface area contributed by atoms with Gasteiger partial charge in [0.25, 0.3) is 0 Å². The van der Waals surface area contributed by atoms with Gasteiger partial charge in [-0.25, -0.2) is 19.9 Å². The molecule has 4 rings (SSSR count). The van der Waals surface area contributed by atoms with Crippen LogP contribution in [0.25, 0.3) is 11.5 Å². The minimum absolute atomic E-state index is 0.149. The first kappa shape index (κ1) is 18.9. The lowest BCUT2D eigenvalue weighted by atomic mass is 10.2. The zero-order valence-electron chi connectivity index (χ0n) is 16.7. The SMILES string of the molecule is COc1ccc(NC(=O)CN(C)c2nc(-c3cn(C)cn3)nc3c2CCC3)cn1. The third-order valence-electron chi connectivity index (χ3n) is 4.82. The lowest BCUT2D eigenvalue weighted by molar-refractivity contribution is -0.114. The smallest absolute Gasteiger partial charge is 0.243 e. The topological polar surface area (TPSA) is 98.1 Å². The number of imidazole rings is 1. The Morgan fingerprint density at radius 3 is 2.83 bits per heavy atom. The molecule has 1 amide bonds. The fraction of sp³-hybridized carbons (Fsp3) is 0.350. The molecule has 0 atom stereocenters. The maximum Gasteiger partial charge on any atom is 0.243 e. The van der Waals surface area contributed by atoms with Crippen molar-refractivity contribution in [1.29, 1.82) is 0 Å². The van der Waals surface area contributed by atoms with Crippen LogP contribution in [-0.4, -0.2) is 51.1 Å². The van der Waals surface area contributed by atoms with E-state index in [1.165, 1.54) is 0 Å². The molecule has 3 heterocycles. The van der Waals surface area contributed by atoms with E-state index in [0.29, 0.717) is 17.4 Å². The summed E-state index contributed by atoms with van der Waals surface area (Å²) in [5.41, 5.74) is 3.50. The number of hydrogen-bond donors (Lipinski definition) is 1. The molecule has 1 aliphatic carbocycles. The highest BCUT2D eigenvalue weighted by molar-refractivity contribution is 5.93. The number of methoxy groups -OCH3 is 1. The normalized spacial score (nSPS) is 12.5. The fourth-order valence-corrected chi connectivity index (χ4v) is 3.44. The van der Waals surface area contributed by atoms with Crippen LogP contribution in [0.2, 0.25) is 0 Å². The highest BCUT2D eigenvalue weighted by Gasteiger charge is 2.23. The summed E-state index contributed by atoms with van der Waals surface area (Å²) in [7, 11) is 5.33. The van der Waals surface area contributed by atoms with Gasteiger partial charge in [-0.2, -0.15) is 0 Å². The number of fused-ring (bicyclic) bond motifs is 1. The van der Waals surface area contributed by atoms with E-state index < -0.39 is 0 Å². The molecule has 1 N–H and O–H groups in total. The first-order chi connectivity index (χ1) is 14.0. The lowest BCUT2D eigenvalue weighted by Crippen LogP contribution is -2.31. The van der Waals surface area contributed by atoms with Gasteiger partial charge in [-0.1, -0.05) is 0 Å². The third-order valence-corrected chi connectivity index (χ3v) is 4.82. The van der Waals surface area contributed by atoms with Gasteiger partial charge in [-0.15, -0.1) is 0 Å². The van der Waals surface area contributed by atoms with Crippen molar-refractivity contribution in [1.82, 2.24) is 24.5 Å². The number of rotatable bonds is 6. The monoisotopic (exact) mass is 393 g/mol. The van der Waals surface area contributed by atoms with Gasteiger partial charge in [0.1, 0.15) is 11.5 Å². The number of carbonyl (C=O) groups is 1. The molecule has 0 bridgehead atoms. The van der Waals surface area contributed by atoms with Crippen LogP contribution in [0.1, 0.15) is 17.7 Å². The van der Waals surface area contributed by atoms with Crippen molar-refractivity contribution in [3.8, 4) is 17.4 Å². The van der Waals surface area contributed by atoms with E-state index in [2.05, 4.69) is 15.3 Å². The highest BCUT2D eigenvalue weighted by atomic mass is 16.5. The van der Waals surface area contributed by atoms with Crippen molar-refractivity contribution in [3.63, 3.8) is 0 Å². The molecule has 29 heavy (non-hydrogen) atoms. The molecule has 0 spiro atoms.